The van der Waals surface area contributed by atoms with E-state index in [9.17, 15) is 14.0 Å². The predicted octanol–water partition coefficient (Wildman–Crippen LogP) is 1.78. The summed E-state index contributed by atoms with van der Waals surface area (Å²) in [6.45, 7) is 2.45. The third-order valence-corrected chi connectivity index (χ3v) is 2.72. The van der Waals surface area contributed by atoms with Crippen LogP contribution in [0.25, 0.3) is 0 Å². The van der Waals surface area contributed by atoms with Gasteiger partial charge in [-0.2, -0.15) is 0 Å². The molecule has 0 aliphatic carbocycles. The molecule has 5 nitrogen and oxygen atoms in total. The van der Waals surface area contributed by atoms with Crippen molar-refractivity contribution < 1.29 is 19.1 Å². The van der Waals surface area contributed by atoms with Crippen LogP contribution in [0.3, 0.4) is 0 Å². The zero-order chi connectivity index (χ0) is 15.0. The number of halogens is 1. The first-order valence-electron chi connectivity index (χ1n) is 6.45. The molecule has 0 fully saturated rings. The highest BCUT2D eigenvalue weighted by Gasteiger charge is 2.08. The quantitative estimate of drug-likeness (QED) is 0.713. The average Bonchev–Trinajstić information content (AvgIpc) is 2.36. The van der Waals surface area contributed by atoms with E-state index < -0.39 is 5.97 Å². The Morgan fingerprint density at radius 3 is 2.75 bits per heavy atom. The zero-order valence-corrected chi connectivity index (χ0v) is 11.4. The summed E-state index contributed by atoms with van der Waals surface area (Å²) in [6, 6.07) is 5.86. The van der Waals surface area contributed by atoms with Crippen LogP contribution in [-0.4, -0.2) is 30.2 Å². The van der Waals surface area contributed by atoms with Crippen LogP contribution in [0, 0.1) is 11.7 Å². The molecule has 1 atom stereocenters. The van der Waals surface area contributed by atoms with Gasteiger partial charge in [-0.1, -0.05) is 19.1 Å². The number of aliphatic carboxylic acids is 1. The van der Waals surface area contributed by atoms with Crippen molar-refractivity contribution in [1.29, 1.82) is 0 Å². The fourth-order valence-corrected chi connectivity index (χ4v) is 1.71. The Morgan fingerprint density at radius 1 is 1.35 bits per heavy atom. The van der Waals surface area contributed by atoms with E-state index in [0.29, 0.717) is 19.5 Å². The summed E-state index contributed by atoms with van der Waals surface area (Å²) >= 11 is 0. The van der Waals surface area contributed by atoms with Gasteiger partial charge in [0.15, 0.2) is 0 Å². The maximum Gasteiger partial charge on any atom is 0.314 e. The topological polar surface area (TPSA) is 78.4 Å². The van der Waals surface area contributed by atoms with E-state index in [1.165, 1.54) is 12.1 Å². The molecular weight excluding hydrogens is 263 g/mol. The molecule has 0 saturated carbocycles. The number of carbonyl (C=O) groups is 2. The molecule has 1 aromatic rings. The lowest BCUT2D eigenvalue weighted by molar-refractivity contribution is -0.137. The minimum atomic E-state index is -0.884. The van der Waals surface area contributed by atoms with Gasteiger partial charge in [-0.15, -0.1) is 0 Å². The van der Waals surface area contributed by atoms with Crippen molar-refractivity contribution in [2.75, 3.05) is 13.1 Å². The number of rotatable bonds is 7. The van der Waals surface area contributed by atoms with Crippen molar-refractivity contribution in [1.82, 2.24) is 10.6 Å². The van der Waals surface area contributed by atoms with Gasteiger partial charge in [-0.25, -0.2) is 9.18 Å². The van der Waals surface area contributed by atoms with Gasteiger partial charge in [0.05, 0.1) is 0 Å². The van der Waals surface area contributed by atoms with Gasteiger partial charge in [-0.05, 0) is 30.0 Å². The molecule has 1 rings (SSSR count). The highest BCUT2D eigenvalue weighted by Crippen LogP contribution is 2.03. The number of carboxylic acid groups (broad SMARTS) is 1. The molecule has 0 spiro atoms. The Labute approximate surface area is 117 Å². The van der Waals surface area contributed by atoms with Crippen LogP contribution in [0.1, 0.15) is 18.9 Å². The highest BCUT2D eigenvalue weighted by molar-refractivity contribution is 5.74. The largest absolute Gasteiger partial charge is 0.481 e. The summed E-state index contributed by atoms with van der Waals surface area (Å²) in [4.78, 5) is 21.9. The van der Waals surface area contributed by atoms with Crippen LogP contribution in [0.2, 0.25) is 0 Å². The van der Waals surface area contributed by atoms with E-state index in [1.807, 2.05) is 0 Å². The number of hydrogen-bond acceptors (Lipinski definition) is 2. The smallest absolute Gasteiger partial charge is 0.314 e. The second kappa shape index (κ2) is 8.14. The van der Waals surface area contributed by atoms with E-state index in [1.54, 1.807) is 19.1 Å². The van der Waals surface area contributed by atoms with E-state index in [4.69, 9.17) is 5.11 Å². The predicted molar refractivity (Wildman–Crippen MR) is 72.9 cm³/mol. The molecule has 0 aromatic heterocycles. The SMILES string of the molecule is CC(CNC(=O)NCCc1cccc(F)c1)CC(=O)O. The Kier molecular flexibility index (Phi) is 6.49. The van der Waals surface area contributed by atoms with Crippen molar-refractivity contribution in [3.05, 3.63) is 35.6 Å². The normalized spacial score (nSPS) is 11.7. The monoisotopic (exact) mass is 282 g/mol. The molecule has 1 unspecified atom stereocenters. The van der Waals surface area contributed by atoms with Crippen LogP contribution in [0.5, 0.6) is 0 Å². The van der Waals surface area contributed by atoms with Crippen LogP contribution in [0.15, 0.2) is 24.3 Å². The van der Waals surface area contributed by atoms with Crippen LogP contribution in [0.4, 0.5) is 9.18 Å². The number of carbonyl (C=O) groups excluding carboxylic acids is 1. The number of urea groups is 1. The van der Waals surface area contributed by atoms with E-state index >= 15 is 0 Å². The van der Waals surface area contributed by atoms with E-state index in [0.717, 1.165) is 5.56 Å². The fourth-order valence-electron chi connectivity index (χ4n) is 1.71. The Morgan fingerprint density at radius 2 is 2.10 bits per heavy atom. The zero-order valence-electron chi connectivity index (χ0n) is 11.4. The van der Waals surface area contributed by atoms with Gasteiger partial charge < -0.3 is 15.7 Å². The van der Waals surface area contributed by atoms with E-state index in [2.05, 4.69) is 10.6 Å². The summed E-state index contributed by atoms with van der Waals surface area (Å²) in [5, 5.41) is 13.8. The van der Waals surface area contributed by atoms with Gasteiger partial charge in [0.25, 0.3) is 0 Å². The lowest BCUT2D eigenvalue weighted by Gasteiger charge is -2.11. The van der Waals surface area contributed by atoms with Gasteiger partial charge >= 0.3 is 12.0 Å². The van der Waals surface area contributed by atoms with E-state index in [-0.39, 0.29) is 24.2 Å². The van der Waals surface area contributed by atoms with Crippen LogP contribution < -0.4 is 10.6 Å². The second-order valence-corrected chi connectivity index (χ2v) is 4.72. The van der Waals surface area contributed by atoms with Crippen LogP contribution >= 0.6 is 0 Å². The Hall–Kier alpha value is -2.11. The summed E-state index contributed by atoms with van der Waals surface area (Å²) in [6.07, 6.45) is 0.555. The molecule has 20 heavy (non-hydrogen) atoms. The lowest BCUT2D eigenvalue weighted by atomic mass is 10.1. The van der Waals surface area contributed by atoms with Gasteiger partial charge in [0, 0.05) is 19.5 Å². The number of amides is 2. The molecule has 3 N–H and O–H groups in total. The molecule has 0 radical (unpaired) electrons. The van der Waals surface area contributed by atoms with Crippen molar-refractivity contribution in [2.24, 2.45) is 5.92 Å². The minimum absolute atomic E-state index is 0.0174. The number of carboxylic acids is 1. The summed E-state index contributed by atoms with van der Waals surface area (Å²) < 4.78 is 12.9. The number of nitrogens with one attached hydrogen (secondary N) is 2. The molecule has 0 heterocycles. The maximum atomic E-state index is 12.9. The van der Waals surface area contributed by atoms with Crippen molar-refractivity contribution in [3.63, 3.8) is 0 Å². The molecule has 110 valence electrons. The van der Waals surface area contributed by atoms with Gasteiger partial charge in [-0.3, -0.25) is 4.79 Å². The molecule has 0 bridgehead atoms. The maximum absolute atomic E-state index is 12.9. The standard InChI is InChI=1S/C14H19FN2O3/c1-10(7-13(18)19)9-17-14(20)16-6-5-11-3-2-4-12(15)8-11/h2-4,8,10H,5-7,9H2,1H3,(H,18,19)(H2,16,17,20). The Balaban J connectivity index is 2.18. The van der Waals surface area contributed by atoms with Crippen molar-refractivity contribution in [2.45, 2.75) is 19.8 Å². The first-order chi connectivity index (χ1) is 9.47. The molecule has 0 aliphatic heterocycles. The van der Waals surface area contributed by atoms with Crippen LogP contribution in [-0.2, 0) is 11.2 Å². The number of benzene rings is 1. The van der Waals surface area contributed by atoms with Crippen molar-refractivity contribution in [3.8, 4) is 0 Å². The minimum Gasteiger partial charge on any atom is -0.481 e. The summed E-state index contributed by atoms with van der Waals surface area (Å²) in [5.74, 6) is -1.30. The third kappa shape index (κ3) is 6.72. The van der Waals surface area contributed by atoms with Gasteiger partial charge in [0.1, 0.15) is 5.82 Å². The first-order valence-corrected chi connectivity index (χ1v) is 6.45. The first kappa shape index (κ1) is 15.9. The number of hydrogen-bond donors (Lipinski definition) is 3. The fraction of sp³-hybridized carbons (Fsp3) is 0.429. The molecule has 0 saturated heterocycles. The third-order valence-electron chi connectivity index (χ3n) is 2.72. The highest BCUT2D eigenvalue weighted by atomic mass is 19.1. The summed E-state index contributed by atoms with van der Waals surface area (Å²) in [7, 11) is 0. The molecule has 2 amide bonds. The second-order valence-electron chi connectivity index (χ2n) is 4.72. The lowest BCUT2D eigenvalue weighted by Crippen LogP contribution is -2.39. The molecule has 6 heteroatoms. The molecular formula is C14H19FN2O3. The van der Waals surface area contributed by atoms with Gasteiger partial charge in [0.2, 0.25) is 0 Å². The van der Waals surface area contributed by atoms with Crippen molar-refractivity contribution >= 4 is 12.0 Å². The Bertz CT molecular complexity index is 465. The molecule has 1 aromatic carbocycles. The summed E-state index contributed by atoms with van der Waals surface area (Å²) in [5.41, 5.74) is 0.810. The molecule has 0 aliphatic rings. The average molecular weight is 282 g/mol.